The van der Waals surface area contributed by atoms with Gasteiger partial charge in [-0.2, -0.15) is 0 Å². The smallest absolute Gasteiger partial charge is 0.0933 e. The third kappa shape index (κ3) is 2.90. The maximum absolute atomic E-state index is 8.75. The summed E-state index contributed by atoms with van der Waals surface area (Å²) in [4.78, 5) is 4.54. The molecule has 0 aliphatic carbocycles. The Kier molecular flexibility index (Phi) is 4.09. The predicted molar refractivity (Wildman–Crippen MR) is 70.7 cm³/mol. The van der Waals surface area contributed by atoms with Crippen LogP contribution in [-0.4, -0.2) is 16.7 Å². The highest BCUT2D eigenvalue weighted by Gasteiger charge is 2.03. The topological polar surface area (TPSA) is 33.1 Å². The Balaban J connectivity index is 2.15. The summed E-state index contributed by atoms with van der Waals surface area (Å²) in [6.45, 7) is 0.229. The van der Waals surface area contributed by atoms with Gasteiger partial charge in [0.15, 0.2) is 0 Å². The average molecular weight is 298 g/mol. The first kappa shape index (κ1) is 11.8. The fraction of sp³-hybridized carbons (Fsp3) is 0.250. The number of thiazole rings is 1. The zero-order valence-electron chi connectivity index (χ0n) is 8.69. The molecule has 0 spiro atoms. The lowest BCUT2D eigenvalue weighted by Crippen LogP contribution is -1.88. The van der Waals surface area contributed by atoms with Crippen LogP contribution in [-0.2, 0) is 6.42 Å². The van der Waals surface area contributed by atoms with E-state index in [1.807, 2.05) is 12.1 Å². The van der Waals surface area contributed by atoms with Gasteiger partial charge in [-0.05, 0) is 18.6 Å². The number of benzene rings is 1. The summed E-state index contributed by atoms with van der Waals surface area (Å²) < 4.78 is 1.08. The van der Waals surface area contributed by atoms with Crippen LogP contribution >= 0.6 is 27.3 Å². The molecule has 1 aromatic carbocycles. The van der Waals surface area contributed by atoms with Crippen molar-refractivity contribution in [1.29, 1.82) is 0 Å². The van der Waals surface area contributed by atoms with Crippen LogP contribution in [0, 0.1) is 0 Å². The zero-order chi connectivity index (χ0) is 11.4. The Labute approximate surface area is 107 Å². The molecule has 2 nitrogen and oxygen atoms in total. The SMILES string of the molecule is OCCCc1nc(-c2ccc(Br)cc2)cs1. The molecule has 1 N–H and O–H groups in total. The summed E-state index contributed by atoms with van der Waals surface area (Å²) in [6, 6.07) is 8.13. The summed E-state index contributed by atoms with van der Waals surface area (Å²) in [7, 11) is 0. The van der Waals surface area contributed by atoms with E-state index in [-0.39, 0.29) is 6.61 Å². The summed E-state index contributed by atoms with van der Waals surface area (Å²) in [6.07, 6.45) is 1.64. The number of aliphatic hydroxyl groups is 1. The first-order valence-corrected chi connectivity index (χ1v) is 6.78. The van der Waals surface area contributed by atoms with E-state index in [2.05, 4.69) is 38.4 Å². The van der Waals surface area contributed by atoms with Crippen molar-refractivity contribution >= 4 is 27.3 Å². The normalized spacial score (nSPS) is 10.6. The average Bonchev–Trinajstić information content (AvgIpc) is 2.76. The second kappa shape index (κ2) is 5.57. The molecule has 0 fully saturated rings. The highest BCUT2D eigenvalue weighted by molar-refractivity contribution is 9.10. The number of hydrogen-bond acceptors (Lipinski definition) is 3. The second-order valence-corrected chi connectivity index (χ2v) is 5.32. The lowest BCUT2D eigenvalue weighted by Gasteiger charge is -1.96. The Bertz CT molecular complexity index is 452. The van der Waals surface area contributed by atoms with Gasteiger partial charge >= 0.3 is 0 Å². The van der Waals surface area contributed by atoms with Gasteiger partial charge in [-0.3, -0.25) is 0 Å². The molecule has 0 amide bonds. The summed E-state index contributed by atoms with van der Waals surface area (Å²) in [5.41, 5.74) is 2.15. The molecule has 0 aliphatic heterocycles. The van der Waals surface area contributed by atoms with Gasteiger partial charge in [0.1, 0.15) is 0 Å². The van der Waals surface area contributed by atoms with E-state index in [1.165, 1.54) is 0 Å². The first-order chi connectivity index (χ1) is 7.79. The minimum Gasteiger partial charge on any atom is -0.396 e. The molecular weight excluding hydrogens is 286 g/mol. The molecule has 16 heavy (non-hydrogen) atoms. The Morgan fingerprint density at radius 2 is 2.00 bits per heavy atom. The Morgan fingerprint density at radius 3 is 2.69 bits per heavy atom. The Morgan fingerprint density at radius 1 is 1.25 bits per heavy atom. The van der Waals surface area contributed by atoms with Crippen LogP contribution in [0.1, 0.15) is 11.4 Å². The molecule has 0 bridgehead atoms. The highest BCUT2D eigenvalue weighted by atomic mass is 79.9. The van der Waals surface area contributed by atoms with Gasteiger partial charge in [0.25, 0.3) is 0 Å². The minimum atomic E-state index is 0.229. The van der Waals surface area contributed by atoms with E-state index in [0.29, 0.717) is 0 Å². The van der Waals surface area contributed by atoms with Crippen molar-refractivity contribution in [3.05, 3.63) is 39.1 Å². The van der Waals surface area contributed by atoms with Gasteiger partial charge in [0.05, 0.1) is 10.7 Å². The standard InChI is InChI=1S/C12H12BrNOS/c13-10-5-3-9(4-6-10)11-8-16-12(14-11)2-1-7-15/h3-6,8,15H,1-2,7H2. The molecule has 1 aromatic heterocycles. The van der Waals surface area contributed by atoms with Crippen LogP contribution < -0.4 is 0 Å². The van der Waals surface area contributed by atoms with E-state index in [1.54, 1.807) is 11.3 Å². The third-order valence-electron chi connectivity index (χ3n) is 2.24. The van der Waals surface area contributed by atoms with Crippen LogP contribution in [0.2, 0.25) is 0 Å². The van der Waals surface area contributed by atoms with Crippen molar-refractivity contribution in [2.45, 2.75) is 12.8 Å². The fourth-order valence-corrected chi connectivity index (χ4v) is 2.52. The van der Waals surface area contributed by atoms with Crippen LogP contribution in [0.5, 0.6) is 0 Å². The van der Waals surface area contributed by atoms with E-state index >= 15 is 0 Å². The molecule has 2 aromatic rings. The fourth-order valence-electron chi connectivity index (χ4n) is 1.41. The molecule has 0 radical (unpaired) electrons. The molecule has 0 aliphatic rings. The van der Waals surface area contributed by atoms with Crippen molar-refractivity contribution in [3.63, 3.8) is 0 Å². The number of aromatic nitrogens is 1. The monoisotopic (exact) mass is 297 g/mol. The molecule has 4 heteroatoms. The van der Waals surface area contributed by atoms with Crippen LogP contribution in [0.15, 0.2) is 34.1 Å². The lowest BCUT2D eigenvalue weighted by molar-refractivity contribution is 0.288. The third-order valence-corrected chi connectivity index (χ3v) is 3.68. The van der Waals surface area contributed by atoms with Crippen molar-refractivity contribution in [2.24, 2.45) is 0 Å². The van der Waals surface area contributed by atoms with Gasteiger partial charge in [0.2, 0.25) is 0 Å². The van der Waals surface area contributed by atoms with E-state index in [4.69, 9.17) is 5.11 Å². The van der Waals surface area contributed by atoms with Gasteiger partial charge < -0.3 is 5.11 Å². The van der Waals surface area contributed by atoms with E-state index in [9.17, 15) is 0 Å². The number of halogens is 1. The first-order valence-electron chi connectivity index (χ1n) is 5.11. The Hall–Kier alpha value is -0.710. The number of rotatable bonds is 4. The number of hydrogen-bond donors (Lipinski definition) is 1. The van der Waals surface area contributed by atoms with Crippen LogP contribution in [0.4, 0.5) is 0 Å². The molecule has 1 heterocycles. The summed E-state index contributed by atoms with van der Waals surface area (Å²) in [5, 5.41) is 11.9. The van der Waals surface area contributed by atoms with Crippen LogP contribution in [0.25, 0.3) is 11.3 Å². The molecule has 0 atom stereocenters. The van der Waals surface area contributed by atoms with Gasteiger partial charge in [0, 0.05) is 28.4 Å². The van der Waals surface area contributed by atoms with Gasteiger partial charge in [-0.15, -0.1) is 11.3 Å². The quantitative estimate of drug-likeness (QED) is 0.937. The van der Waals surface area contributed by atoms with Crippen LogP contribution in [0.3, 0.4) is 0 Å². The molecule has 84 valence electrons. The molecule has 2 rings (SSSR count). The van der Waals surface area contributed by atoms with Crippen molar-refractivity contribution < 1.29 is 5.11 Å². The lowest BCUT2D eigenvalue weighted by atomic mass is 10.2. The largest absolute Gasteiger partial charge is 0.396 e. The number of aliphatic hydroxyl groups excluding tert-OH is 1. The second-order valence-electron chi connectivity index (χ2n) is 3.46. The maximum Gasteiger partial charge on any atom is 0.0933 e. The molecular formula is C12H12BrNOS. The number of aryl methyl sites for hydroxylation is 1. The van der Waals surface area contributed by atoms with Crippen molar-refractivity contribution in [2.75, 3.05) is 6.61 Å². The highest BCUT2D eigenvalue weighted by Crippen LogP contribution is 2.24. The number of nitrogens with zero attached hydrogens (tertiary/aromatic N) is 1. The van der Waals surface area contributed by atoms with Crippen molar-refractivity contribution in [1.82, 2.24) is 4.98 Å². The molecule has 0 saturated carbocycles. The van der Waals surface area contributed by atoms with E-state index < -0.39 is 0 Å². The molecule has 0 saturated heterocycles. The summed E-state index contributed by atoms with van der Waals surface area (Å²) in [5.74, 6) is 0. The maximum atomic E-state index is 8.75. The van der Waals surface area contributed by atoms with E-state index in [0.717, 1.165) is 33.6 Å². The summed E-state index contributed by atoms with van der Waals surface area (Å²) >= 11 is 5.07. The van der Waals surface area contributed by atoms with Crippen molar-refractivity contribution in [3.8, 4) is 11.3 Å². The van der Waals surface area contributed by atoms with Gasteiger partial charge in [-0.25, -0.2) is 4.98 Å². The predicted octanol–water partition coefficient (Wildman–Crippen LogP) is 3.50. The minimum absolute atomic E-state index is 0.229. The van der Waals surface area contributed by atoms with Gasteiger partial charge in [-0.1, -0.05) is 28.1 Å². The zero-order valence-corrected chi connectivity index (χ0v) is 11.1. The molecule has 0 unspecified atom stereocenters.